The summed E-state index contributed by atoms with van der Waals surface area (Å²) in [5.74, 6) is -0.572. The minimum Gasteiger partial charge on any atom is -0.465 e. The standard InChI is InChI=1S/C13H20N2O3/c1-5-18-12(16)9-14(4)13(17)11-7-6-8-15(11)10(2)3/h6-8,10H,5,9H2,1-4H3. The van der Waals surface area contributed by atoms with E-state index in [0.717, 1.165) is 0 Å². The third-order valence-corrected chi connectivity index (χ3v) is 2.57. The first-order valence-corrected chi connectivity index (χ1v) is 6.05. The van der Waals surface area contributed by atoms with Crippen molar-refractivity contribution in [3.05, 3.63) is 24.0 Å². The van der Waals surface area contributed by atoms with Crippen molar-refractivity contribution in [2.24, 2.45) is 0 Å². The monoisotopic (exact) mass is 252 g/mol. The smallest absolute Gasteiger partial charge is 0.325 e. The number of likely N-dealkylation sites (N-methyl/N-ethyl adjacent to an activating group) is 1. The molecule has 0 bridgehead atoms. The number of nitrogens with zero attached hydrogens (tertiary/aromatic N) is 2. The summed E-state index contributed by atoms with van der Waals surface area (Å²) in [5.41, 5.74) is 0.580. The Morgan fingerprint density at radius 2 is 2.11 bits per heavy atom. The van der Waals surface area contributed by atoms with Crippen LogP contribution in [0.15, 0.2) is 18.3 Å². The van der Waals surface area contributed by atoms with Crippen LogP contribution in [0, 0.1) is 0 Å². The molecule has 0 aromatic carbocycles. The Morgan fingerprint density at radius 3 is 2.67 bits per heavy atom. The lowest BCUT2D eigenvalue weighted by molar-refractivity contribution is -0.143. The molecule has 0 fully saturated rings. The van der Waals surface area contributed by atoms with Gasteiger partial charge in [0.25, 0.3) is 5.91 Å². The molecule has 1 aromatic heterocycles. The summed E-state index contributed by atoms with van der Waals surface area (Å²) >= 11 is 0. The van der Waals surface area contributed by atoms with E-state index < -0.39 is 5.97 Å². The van der Waals surface area contributed by atoms with E-state index in [4.69, 9.17) is 4.74 Å². The Hall–Kier alpha value is -1.78. The predicted octanol–water partition coefficient (Wildman–Crippen LogP) is 1.70. The van der Waals surface area contributed by atoms with Gasteiger partial charge in [0.05, 0.1) is 6.61 Å². The number of aromatic nitrogens is 1. The molecule has 0 radical (unpaired) electrons. The Balaban J connectivity index is 2.74. The molecule has 0 spiro atoms. The van der Waals surface area contributed by atoms with Crippen LogP contribution in [0.25, 0.3) is 0 Å². The summed E-state index contributed by atoms with van der Waals surface area (Å²) in [5, 5.41) is 0. The van der Waals surface area contributed by atoms with Gasteiger partial charge in [-0.25, -0.2) is 0 Å². The molecule has 0 atom stereocenters. The maximum atomic E-state index is 12.2. The second-order valence-corrected chi connectivity index (χ2v) is 4.36. The number of esters is 1. The third-order valence-electron chi connectivity index (χ3n) is 2.57. The van der Waals surface area contributed by atoms with Crippen molar-refractivity contribution in [2.75, 3.05) is 20.2 Å². The molecule has 0 N–H and O–H groups in total. The zero-order chi connectivity index (χ0) is 13.7. The van der Waals surface area contributed by atoms with Gasteiger partial charge in [-0.05, 0) is 32.9 Å². The van der Waals surface area contributed by atoms with Crippen LogP contribution < -0.4 is 0 Å². The van der Waals surface area contributed by atoms with Crippen molar-refractivity contribution in [3.8, 4) is 0 Å². The third kappa shape index (κ3) is 3.35. The highest BCUT2D eigenvalue weighted by atomic mass is 16.5. The first-order valence-electron chi connectivity index (χ1n) is 6.05. The Labute approximate surface area is 107 Å². The predicted molar refractivity (Wildman–Crippen MR) is 68.4 cm³/mol. The fourth-order valence-electron chi connectivity index (χ4n) is 1.69. The molecule has 1 aromatic rings. The lowest BCUT2D eigenvalue weighted by Crippen LogP contribution is -2.34. The first kappa shape index (κ1) is 14.3. The highest BCUT2D eigenvalue weighted by molar-refractivity contribution is 5.94. The minimum absolute atomic E-state index is 0.0318. The van der Waals surface area contributed by atoms with Crippen LogP contribution in [-0.4, -0.2) is 41.5 Å². The summed E-state index contributed by atoms with van der Waals surface area (Å²) in [6.45, 7) is 6.03. The van der Waals surface area contributed by atoms with Gasteiger partial charge in [-0.15, -0.1) is 0 Å². The molecular weight excluding hydrogens is 232 g/mol. The van der Waals surface area contributed by atoms with Gasteiger partial charge in [-0.3, -0.25) is 9.59 Å². The van der Waals surface area contributed by atoms with Crippen molar-refractivity contribution in [3.63, 3.8) is 0 Å². The molecule has 1 rings (SSSR count). The van der Waals surface area contributed by atoms with Gasteiger partial charge in [0.15, 0.2) is 0 Å². The molecule has 0 saturated heterocycles. The normalized spacial score (nSPS) is 10.5. The van der Waals surface area contributed by atoms with E-state index in [9.17, 15) is 9.59 Å². The highest BCUT2D eigenvalue weighted by Gasteiger charge is 2.19. The largest absolute Gasteiger partial charge is 0.465 e. The van der Waals surface area contributed by atoms with Crippen LogP contribution in [0.3, 0.4) is 0 Å². The lowest BCUT2D eigenvalue weighted by Gasteiger charge is -2.19. The summed E-state index contributed by atoms with van der Waals surface area (Å²) < 4.78 is 6.70. The van der Waals surface area contributed by atoms with E-state index in [1.165, 1.54) is 4.90 Å². The summed E-state index contributed by atoms with van der Waals surface area (Å²) in [7, 11) is 1.59. The van der Waals surface area contributed by atoms with Crippen molar-refractivity contribution in [2.45, 2.75) is 26.8 Å². The Morgan fingerprint density at radius 1 is 1.44 bits per heavy atom. The van der Waals surface area contributed by atoms with Crippen LogP contribution in [0.2, 0.25) is 0 Å². The van der Waals surface area contributed by atoms with E-state index in [1.54, 1.807) is 20.0 Å². The van der Waals surface area contributed by atoms with Crippen molar-refractivity contribution >= 4 is 11.9 Å². The molecule has 0 aliphatic carbocycles. The summed E-state index contributed by atoms with van der Waals surface area (Å²) in [6.07, 6.45) is 1.86. The maximum Gasteiger partial charge on any atom is 0.325 e. The molecule has 0 aliphatic heterocycles. The average molecular weight is 252 g/mol. The minimum atomic E-state index is -0.393. The van der Waals surface area contributed by atoms with Gasteiger partial charge in [0, 0.05) is 19.3 Å². The molecule has 1 heterocycles. The highest BCUT2D eigenvalue weighted by Crippen LogP contribution is 2.12. The van der Waals surface area contributed by atoms with Gasteiger partial charge >= 0.3 is 5.97 Å². The molecule has 5 nitrogen and oxygen atoms in total. The number of rotatable bonds is 5. The SMILES string of the molecule is CCOC(=O)CN(C)C(=O)c1cccn1C(C)C. The number of carbonyl (C=O) groups is 2. The average Bonchev–Trinajstić information content (AvgIpc) is 2.76. The second-order valence-electron chi connectivity index (χ2n) is 4.36. The van der Waals surface area contributed by atoms with Crippen molar-refractivity contribution in [1.82, 2.24) is 9.47 Å². The molecule has 0 aliphatic rings. The van der Waals surface area contributed by atoms with E-state index in [0.29, 0.717) is 12.3 Å². The van der Waals surface area contributed by atoms with Crippen LogP contribution >= 0.6 is 0 Å². The first-order chi connectivity index (χ1) is 8.47. The molecule has 5 heteroatoms. The number of ether oxygens (including phenoxy) is 1. The quantitative estimate of drug-likeness (QED) is 0.749. The summed E-state index contributed by atoms with van der Waals surface area (Å²) in [6, 6.07) is 3.78. The Bertz CT molecular complexity index is 424. The fraction of sp³-hybridized carbons (Fsp3) is 0.538. The van der Waals surface area contributed by atoms with Crippen LogP contribution in [0.1, 0.15) is 37.3 Å². The van der Waals surface area contributed by atoms with E-state index in [1.807, 2.05) is 30.7 Å². The van der Waals surface area contributed by atoms with Crippen LogP contribution in [-0.2, 0) is 9.53 Å². The van der Waals surface area contributed by atoms with Crippen LogP contribution in [0.5, 0.6) is 0 Å². The fourth-order valence-corrected chi connectivity index (χ4v) is 1.69. The Kier molecular flexibility index (Phi) is 4.95. The van der Waals surface area contributed by atoms with Gasteiger partial charge in [0.1, 0.15) is 12.2 Å². The summed E-state index contributed by atoms with van der Waals surface area (Å²) in [4.78, 5) is 24.9. The number of carbonyl (C=O) groups excluding carboxylic acids is 2. The number of amides is 1. The molecule has 100 valence electrons. The van der Waals surface area contributed by atoms with E-state index in [2.05, 4.69) is 0 Å². The van der Waals surface area contributed by atoms with E-state index in [-0.39, 0.29) is 18.5 Å². The van der Waals surface area contributed by atoms with Crippen LogP contribution in [0.4, 0.5) is 0 Å². The maximum absolute atomic E-state index is 12.2. The lowest BCUT2D eigenvalue weighted by atomic mass is 10.3. The molecular formula is C13H20N2O3. The van der Waals surface area contributed by atoms with Crippen molar-refractivity contribution < 1.29 is 14.3 Å². The van der Waals surface area contributed by atoms with Gasteiger partial charge in [-0.1, -0.05) is 0 Å². The van der Waals surface area contributed by atoms with Crippen molar-refractivity contribution in [1.29, 1.82) is 0 Å². The molecule has 18 heavy (non-hydrogen) atoms. The number of hydrogen-bond acceptors (Lipinski definition) is 3. The molecule has 0 unspecified atom stereocenters. The zero-order valence-electron chi connectivity index (χ0n) is 11.3. The van der Waals surface area contributed by atoms with Gasteiger partial charge in [-0.2, -0.15) is 0 Å². The topological polar surface area (TPSA) is 51.5 Å². The van der Waals surface area contributed by atoms with E-state index >= 15 is 0 Å². The zero-order valence-corrected chi connectivity index (χ0v) is 11.3. The number of hydrogen-bond donors (Lipinski definition) is 0. The van der Waals surface area contributed by atoms with Gasteiger partial charge in [0.2, 0.25) is 0 Å². The second kappa shape index (κ2) is 6.23. The van der Waals surface area contributed by atoms with Gasteiger partial charge < -0.3 is 14.2 Å². The molecule has 1 amide bonds. The molecule has 0 saturated carbocycles.